The van der Waals surface area contributed by atoms with Crippen LogP contribution < -0.4 is 0 Å². The Balaban J connectivity index is 0.00000103. The molecule has 0 spiro atoms. The molecule has 1 aromatic heterocycles. The molecule has 2 aromatic rings. The molecule has 2 rings (SSSR count). The largest absolute Gasteiger partial charge is 0.348 e. The second-order valence-electron chi connectivity index (χ2n) is 4.04. The summed E-state index contributed by atoms with van der Waals surface area (Å²) in [6.45, 7) is 5.70. The number of aromatic nitrogens is 1. The summed E-state index contributed by atoms with van der Waals surface area (Å²) in [7, 11) is 3.32. The molecule has 0 aliphatic heterocycles. The summed E-state index contributed by atoms with van der Waals surface area (Å²) in [5.41, 5.74) is 1.37. The lowest BCUT2D eigenvalue weighted by atomic mass is 10.2. The summed E-state index contributed by atoms with van der Waals surface area (Å²) in [6.07, 6.45) is 0. The summed E-state index contributed by atoms with van der Waals surface area (Å²) in [5.74, 6) is -0.455. The van der Waals surface area contributed by atoms with Gasteiger partial charge >= 0.3 is 0 Å². The Kier molecular flexibility index (Phi) is 4.48. The monoisotopic (exact) mass is 252 g/mol. The average Bonchev–Trinajstić information content (AvgIpc) is 2.80. The van der Waals surface area contributed by atoms with Gasteiger partial charge in [0.25, 0.3) is 5.91 Å². The highest BCUT2D eigenvalue weighted by molar-refractivity contribution is 5.98. The third kappa shape index (κ3) is 2.53. The van der Waals surface area contributed by atoms with Gasteiger partial charge in [0, 0.05) is 20.9 Å². The standard InChI is InChI=1S/C12H13FN2O.C2H6.H2/c1-7-4-5-8-6-9(12(16)15(2)3)14-11(8)10(7)13;1-2;/h4-6,14H,1-3H3;1-2H3;1H. The van der Waals surface area contributed by atoms with E-state index >= 15 is 0 Å². The molecule has 1 heterocycles. The van der Waals surface area contributed by atoms with Gasteiger partial charge < -0.3 is 9.88 Å². The van der Waals surface area contributed by atoms with E-state index in [0.29, 0.717) is 22.2 Å². The molecule has 0 atom stereocenters. The lowest BCUT2D eigenvalue weighted by Crippen LogP contribution is -2.21. The Morgan fingerprint density at radius 3 is 2.50 bits per heavy atom. The first-order valence-electron chi connectivity index (χ1n) is 6.00. The van der Waals surface area contributed by atoms with Crippen LogP contribution in [0.15, 0.2) is 18.2 Å². The van der Waals surface area contributed by atoms with Crippen LogP contribution in [0, 0.1) is 12.7 Å². The lowest BCUT2D eigenvalue weighted by molar-refractivity contribution is 0.0823. The molecule has 18 heavy (non-hydrogen) atoms. The number of amides is 1. The third-order valence-corrected chi connectivity index (χ3v) is 2.56. The number of hydrogen-bond donors (Lipinski definition) is 1. The van der Waals surface area contributed by atoms with Crippen LogP contribution in [0.25, 0.3) is 10.9 Å². The smallest absolute Gasteiger partial charge is 0.269 e. The maximum Gasteiger partial charge on any atom is 0.269 e. The van der Waals surface area contributed by atoms with Crippen molar-refractivity contribution < 1.29 is 10.6 Å². The van der Waals surface area contributed by atoms with Crippen molar-refractivity contribution in [3.8, 4) is 0 Å². The number of carbonyl (C=O) groups excluding carboxylic acids is 1. The zero-order valence-electron chi connectivity index (χ0n) is 11.5. The summed E-state index contributed by atoms with van der Waals surface area (Å²) >= 11 is 0. The van der Waals surface area contributed by atoms with Crippen LogP contribution in [0.2, 0.25) is 0 Å². The molecule has 3 nitrogen and oxygen atoms in total. The Labute approximate surface area is 108 Å². The van der Waals surface area contributed by atoms with E-state index in [0.717, 1.165) is 0 Å². The summed E-state index contributed by atoms with van der Waals surface area (Å²) in [4.78, 5) is 16.0. The fourth-order valence-corrected chi connectivity index (χ4v) is 1.62. The van der Waals surface area contributed by atoms with Gasteiger partial charge in [-0.05, 0) is 18.6 Å². The number of carbonyl (C=O) groups is 1. The van der Waals surface area contributed by atoms with Gasteiger partial charge in [-0.3, -0.25) is 4.79 Å². The molecule has 0 saturated carbocycles. The molecule has 0 fully saturated rings. The second kappa shape index (κ2) is 5.67. The minimum absolute atomic E-state index is 0. The van der Waals surface area contributed by atoms with E-state index in [4.69, 9.17) is 0 Å². The number of H-pyrrole nitrogens is 1. The fraction of sp³-hybridized carbons (Fsp3) is 0.357. The van der Waals surface area contributed by atoms with Gasteiger partial charge in [-0.1, -0.05) is 26.0 Å². The van der Waals surface area contributed by atoms with Crippen LogP contribution in [-0.4, -0.2) is 29.9 Å². The fourth-order valence-electron chi connectivity index (χ4n) is 1.62. The van der Waals surface area contributed by atoms with Gasteiger partial charge in [0.15, 0.2) is 0 Å². The quantitative estimate of drug-likeness (QED) is 0.827. The maximum atomic E-state index is 13.7. The van der Waals surface area contributed by atoms with Crippen molar-refractivity contribution >= 4 is 16.8 Å². The van der Waals surface area contributed by atoms with Crippen molar-refractivity contribution in [2.75, 3.05) is 14.1 Å². The molecular weight excluding hydrogens is 231 g/mol. The predicted molar refractivity (Wildman–Crippen MR) is 74.5 cm³/mol. The van der Waals surface area contributed by atoms with Crippen molar-refractivity contribution in [1.82, 2.24) is 9.88 Å². The first-order valence-corrected chi connectivity index (χ1v) is 6.00. The summed E-state index contributed by atoms with van der Waals surface area (Å²) in [5, 5.41) is 0.716. The maximum absolute atomic E-state index is 13.7. The minimum atomic E-state index is -0.296. The zero-order valence-corrected chi connectivity index (χ0v) is 11.5. The van der Waals surface area contributed by atoms with Crippen molar-refractivity contribution in [1.29, 1.82) is 0 Å². The molecule has 0 bridgehead atoms. The van der Waals surface area contributed by atoms with Crippen LogP contribution in [0.4, 0.5) is 4.39 Å². The number of benzene rings is 1. The zero-order chi connectivity index (χ0) is 13.9. The van der Waals surface area contributed by atoms with Crippen LogP contribution in [-0.2, 0) is 0 Å². The summed E-state index contributed by atoms with van der Waals surface area (Å²) < 4.78 is 13.7. The number of nitrogens with zero attached hydrogens (tertiary/aromatic N) is 1. The number of fused-ring (bicyclic) bond motifs is 1. The van der Waals surface area contributed by atoms with Crippen LogP contribution in [0.3, 0.4) is 0 Å². The Hall–Kier alpha value is -1.84. The molecule has 1 aromatic carbocycles. The number of hydrogen-bond acceptors (Lipinski definition) is 1. The van der Waals surface area contributed by atoms with Gasteiger partial charge in [-0.25, -0.2) is 4.39 Å². The van der Waals surface area contributed by atoms with Gasteiger partial charge in [-0.15, -0.1) is 0 Å². The number of aromatic amines is 1. The van der Waals surface area contributed by atoms with E-state index in [1.54, 1.807) is 39.2 Å². The van der Waals surface area contributed by atoms with Crippen LogP contribution >= 0.6 is 0 Å². The first kappa shape index (κ1) is 14.2. The Bertz CT molecular complexity index is 564. The highest BCUT2D eigenvalue weighted by atomic mass is 19.1. The van der Waals surface area contributed by atoms with E-state index in [-0.39, 0.29) is 13.2 Å². The number of nitrogens with one attached hydrogen (secondary N) is 1. The first-order chi connectivity index (χ1) is 8.50. The minimum Gasteiger partial charge on any atom is -0.348 e. The van der Waals surface area contributed by atoms with Crippen molar-refractivity contribution in [3.05, 3.63) is 35.3 Å². The molecule has 100 valence electrons. The molecule has 0 unspecified atom stereocenters. The Morgan fingerprint density at radius 1 is 1.33 bits per heavy atom. The lowest BCUT2D eigenvalue weighted by Gasteiger charge is -2.07. The SMILES string of the molecule is CC.Cc1ccc2cc(C(=O)N(C)C)[nH]c2c1F.[HH]. The molecule has 0 saturated heterocycles. The Morgan fingerprint density at radius 2 is 1.94 bits per heavy atom. The molecule has 0 aliphatic carbocycles. The van der Waals surface area contributed by atoms with Crippen molar-refractivity contribution in [2.24, 2.45) is 0 Å². The molecule has 1 amide bonds. The van der Waals surface area contributed by atoms with E-state index in [1.165, 1.54) is 4.90 Å². The van der Waals surface area contributed by atoms with Gasteiger partial charge in [0.1, 0.15) is 11.5 Å². The molecule has 0 radical (unpaired) electrons. The van der Waals surface area contributed by atoms with Gasteiger partial charge in [-0.2, -0.15) is 0 Å². The van der Waals surface area contributed by atoms with Crippen molar-refractivity contribution in [2.45, 2.75) is 20.8 Å². The van der Waals surface area contributed by atoms with E-state index < -0.39 is 0 Å². The number of rotatable bonds is 1. The van der Waals surface area contributed by atoms with E-state index in [2.05, 4.69) is 4.98 Å². The molecule has 0 aliphatic rings. The highest BCUT2D eigenvalue weighted by Crippen LogP contribution is 2.21. The average molecular weight is 252 g/mol. The van der Waals surface area contributed by atoms with Crippen molar-refractivity contribution in [3.63, 3.8) is 0 Å². The van der Waals surface area contributed by atoms with Gasteiger partial charge in [0.05, 0.1) is 5.52 Å². The number of halogens is 1. The van der Waals surface area contributed by atoms with Gasteiger partial charge in [0.2, 0.25) is 0 Å². The normalized spacial score (nSPS) is 9.89. The van der Waals surface area contributed by atoms with E-state index in [1.807, 2.05) is 13.8 Å². The van der Waals surface area contributed by atoms with E-state index in [9.17, 15) is 9.18 Å². The summed E-state index contributed by atoms with van der Waals surface area (Å²) in [6, 6.07) is 5.17. The highest BCUT2D eigenvalue weighted by Gasteiger charge is 2.13. The second-order valence-corrected chi connectivity index (χ2v) is 4.04. The molecular formula is C14H21FN2O. The number of aryl methyl sites for hydroxylation is 1. The third-order valence-electron chi connectivity index (χ3n) is 2.56. The molecule has 4 heteroatoms. The van der Waals surface area contributed by atoms with Crippen LogP contribution in [0.1, 0.15) is 31.3 Å². The predicted octanol–water partition coefficient (Wildman–Crippen LogP) is 3.59. The topological polar surface area (TPSA) is 36.1 Å². The van der Waals surface area contributed by atoms with Crippen LogP contribution in [0.5, 0.6) is 0 Å². The molecule has 1 N–H and O–H groups in total.